The van der Waals surface area contributed by atoms with Crippen LogP contribution in [0.25, 0.3) is 0 Å². The van der Waals surface area contributed by atoms with Crippen molar-refractivity contribution in [2.45, 2.75) is 56.7 Å². The Labute approximate surface area is 110 Å². The summed E-state index contributed by atoms with van der Waals surface area (Å²) in [6, 6.07) is 0. The van der Waals surface area contributed by atoms with Gasteiger partial charge in [0.1, 0.15) is 0 Å². The fourth-order valence-electron chi connectivity index (χ4n) is 2.68. The molecule has 0 aromatic heterocycles. The summed E-state index contributed by atoms with van der Waals surface area (Å²) in [5, 5.41) is 9.51. The molecule has 1 saturated carbocycles. The first kappa shape index (κ1) is 14.6. The van der Waals surface area contributed by atoms with Gasteiger partial charge in [-0.05, 0) is 12.3 Å². The first-order valence-electron chi connectivity index (χ1n) is 6.89. The topological polar surface area (TPSA) is 40.5 Å². The summed E-state index contributed by atoms with van der Waals surface area (Å²) in [6.45, 7) is -0.000972. The van der Waals surface area contributed by atoms with Crippen molar-refractivity contribution in [3.63, 3.8) is 0 Å². The molecule has 1 N–H and O–H groups in total. The van der Waals surface area contributed by atoms with E-state index in [1.54, 1.807) is 0 Å². The lowest BCUT2D eigenvalue weighted by Gasteiger charge is -2.39. The van der Waals surface area contributed by atoms with Crippen molar-refractivity contribution < 1.29 is 23.1 Å². The summed E-state index contributed by atoms with van der Waals surface area (Å²) in [5.41, 5.74) is -2.61. The van der Waals surface area contributed by atoms with Crippen LogP contribution >= 0.6 is 0 Å². The molecule has 2 aliphatic rings. The normalized spacial score (nSPS) is 24.1. The third-order valence-electron chi connectivity index (χ3n) is 4.46. The van der Waals surface area contributed by atoms with Crippen LogP contribution in [0.5, 0.6) is 0 Å². The third-order valence-corrected chi connectivity index (χ3v) is 4.46. The van der Waals surface area contributed by atoms with Crippen molar-refractivity contribution in [1.82, 2.24) is 4.90 Å². The Morgan fingerprint density at radius 1 is 1.26 bits per heavy atom. The number of alkyl halides is 3. The lowest BCUT2D eigenvalue weighted by molar-refractivity contribution is -0.272. The Balaban J connectivity index is 1.77. The number of likely N-dealkylation sites (tertiary alicyclic amines) is 1. The van der Waals surface area contributed by atoms with Gasteiger partial charge in [0.25, 0.3) is 0 Å². The van der Waals surface area contributed by atoms with Crippen LogP contribution in [-0.2, 0) is 4.79 Å². The number of hydrogen-bond acceptors (Lipinski definition) is 2. The molecular weight excluding hydrogens is 259 g/mol. The van der Waals surface area contributed by atoms with Gasteiger partial charge in [-0.25, -0.2) is 0 Å². The highest BCUT2D eigenvalue weighted by molar-refractivity contribution is 5.76. The molecule has 0 bridgehead atoms. The van der Waals surface area contributed by atoms with Gasteiger partial charge in [-0.2, -0.15) is 13.2 Å². The van der Waals surface area contributed by atoms with E-state index in [1.807, 2.05) is 0 Å². The predicted molar refractivity (Wildman–Crippen MR) is 63.4 cm³/mol. The zero-order valence-electron chi connectivity index (χ0n) is 10.9. The second kappa shape index (κ2) is 5.31. The number of halogens is 3. The molecule has 0 unspecified atom stereocenters. The monoisotopic (exact) mass is 279 g/mol. The highest BCUT2D eigenvalue weighted by Crippen LogP contribution is 2.38. The summed E-state index contributed by atoms with van der Waals surface area (Å²) in [4.78, 5) is 13.3. The molecule has 19 heavy (non-hydrogen) atoms. The molecule has 1 saturated heterocycles. The average molecular weight is 279 g/mol. The van der Waals surface area contributed by atoms with Crippen LogP contribution in [0.2, 0.25) is 0 Å². The highest BCUT2D eigenvalue weighted by Gasteiger charge is 2.54. The van der Waals surface area contributed by atoms with E-state index in [0.29, 0.717) is 12.3 Å². The van der Waals surface area contributed by atoms with Gasteiger partial charge >= 0.3 is 6.18 Å². The lowest BCUT2D eigenvalue weighted by Crippen LogP contribution is -2.54. The van der Waals surface area contributed by atoms with Crippen molar-refractivity contribution in [3.05, 3.63) is 0 Å². The number of amides is 1. The fraction of sp³-hybridized carbons (Fsp3) is 0.923. The average Bonchev–Trinajstić information content (AvgIpc) is 2.26. The smallest absolute Gasteiger partial charge is 0.380 e. The van der Waals surface area contributed by atoms with E-state index in [1.165, 1.54) is 24.2 Å². The van der Waals surface area contributed by atoms with E-state index in [-0.39, 0.29) is 19.0 Å². The molecule has 0 aromatic rings. The van der Waals surface area contributed by atoms with E-state index in [4.69, 9.17) is 0 Å². The van der Waals surface area contributed by atoms with Gasteiger partial charge in [-0.3, -0.25) is 4.79 Å². The van der Waals surface area contributed by atoms with Gasteiger partial charge in [0, 0.05) is 32.4 Å². The minimum absolute atomic E-state index is 0.000486. The Kier molecular flexibility index (Phi) is 4.08. The number of carbonyl (C=O) groups is 1. The molecular formula is C13H20F3NO2. The van der Waals surface area contributed by atoms with Crippen LogP contribution in [0.15, 0.2) is 0 Å². The van der Waals surface area contributed by atoms with Gasteiger partial charge in [0.15, 0.2) is 5.60 Å². The number of piperidine rings is 1. The largest absolute Gasteiger partial charge is 0.417 e. The number of rotatable bonds is 3. The van der Waals surface area contributed by atoms with Gasteiger partial charge < -0.3 is 10.0 Å². The van der Waals surface area contributed by atoms with Crippen LogP contribution < -0.4 is 0 Å². The molecule has 1 aliphatic carbocycles. The maximum absolute atomic E-state index is 12.6. The van der Waals surface area contributed by atoms with Crippen LogP contribution in [0.1, 0.15) is 44.9 Å². The van der Waals surface area contributed by atoms with E-state index in [2.05, 4.69) is 0 Å². The summed E-state index contributed by atoms with van der Waals surface area (Å²) in [5.74, 6) is 0.553. The molecule has 110 valence electrons. The van der Waals surface area contributed by atoms with E-state index in [9.17, 15) is 23.1 Å². The summed E-state index contributed by atoms with van der Waals surface area (Å²) >= 11 is 0. The van der Waals surface area contributed by atoms with Crippen LogP contribution in [-0.4, -0.2) is 40.8 Å². The Morgan fingerprint density at radius 3 is 2.26 bits per heavy atom. The van der Waals surface area contributed by atoms with E-state index < -0.39 is 24.6 Å². The van der Waals surface area contributed by atoms with Gasteiger partial charge in [0.2, 0.25) is 5.91 Å². The number of nitrogens with zero attached hydrogens (tertiary/aromatic N) is 1. The molecule has 0 spiro atoms. The molecule has 1 aliphatic heterocycles. The van der Waals surface area contributed by atoms with Crippen LogP contribution in [0.4, 0.5) is 13.2 Å². The second-order valence-electron chi connectivity index (χ2n) is 5.75. The first-order valence-corrected chi connectivity index (χ1v) is 6.89. The maximum Gasteiger partial charge on any atom is 0.417 e. The summed E-state index contributed by atoms with van der Waals surface area (Å²) in [6.07, 6.45) is -0.594. The summed E-state index contributed by atoms with van der Waals surface area (Å²) < 4.78 is 37.8. The zero-order valence-corrected chi connectivity index (χ0v) is 10.9. The fourth-order valence-corrected chi connectivity index (χ4v) is 2.68. The van der Waals surface area contributed by atoms with Crippen molar-refractivity contribution in [3.8, 4) is 0 Å². The number of carbonyl (C=O) groups excluding carboxylic acids is 1. The summed E-state index contributed by atoms with van der Waals surface area (Å²) in [7, 11) is 0. The minimum atomic E-state index is -4.60. The SMILES string of the molecule is O=C(CCC1CCC1)N1CCC(O)(C(F)(F)F)CC1. The van der Waals surface area contributed by atoms with Crippen molar-refractivity contribution in [2.75, 3.05) is 13.1 Å². The first-order chi connectivity index (χ1) is 8.82. The van der Waals surface area contributed by atoms with Crippen molar-refractivity contribution in [2.24, 2.45) is 5.92 Å². The third kappa shape index (κ3) is 3.22. The molecule has 0 atom stereocenters. The predicted octanol–water partition coefficient (Wildman–Crippen LogP) is 2.48. The minimum Gasteiger partial charge on any atom is -0.380 e. The molecule has 1 amide bonds. The van der Waals surface area contributed by atoms with Gasteiger partial charge in [0.05, 0.1) is 0 Å². The second-order valence-corrected chi connectivity index (χ2v) is 5.75. The zero-order chi connectivity index (χ0) is 14.1. The molecule has 2 rings (SSSR count). The van der Waals surface area contributed by atoms with E-state index in [0.717, 1.165) is 6.42 Å². The molecule has 1 heterocycles. The standard InChI is InChI=1S/C13H20F3NO2/c14-13(15,16)12(19)6-8-17(9-7-12)11(18)5-4-10-2-1-3-10/h10,19H,1-9H2. The highest BCUT2D eigenvalue weighted by atomic mass is 19.4. The molecule has 0 radical (unpaired) electrons. The van der Waals surface area contributed by atoms with Crippen molar-refractivity contribution >= 4 is 5.91 Å². The van der Waals surface area contributed by atoms with Crippen molar-refractivity contribution in [1.29, 1.82) is 0 Å². The van der Waals surface area contributed by atoms with Gasteiger partial charge in [-0.1, -0.05) is 19.3 Å². The maximum atomic E-state index is 12.6. The Bertz CT molecular complexity index is 331. The Morgan fingerprint density at radius 2 is 1.84 bits per heavy atom. The molecule has 2 fully saturated rings. The van der Waals surface area contributed by atoms with Gasteiger partial charge in [-0.15, -0.1) is 0 Å². The number of aliphatic hydroxyl groups is 1. The van der Waals surface area contributed by atoms with E-state index >= 15 is 0 Å². The van der Waals surface area contributed by atoms with Crippen LogP contribution in [0, 0.1) is 5.92 Å². The quantitative estimate of drug-likeness (QED) is 0.862. The lowest BCUT2D eigenvalue weighted by atomic mass is 9.82. The van der Waals surface area contributed by atoms with Crippen LogP contribution in [0.3, 0.4) is 0 Å². The molecule has 6 heteroatoms. The Hall–Kier alpha value is -0.780. The molecule has 3 nitrogen and oxygen atoms in total. The number of hydrogen-bond donors (Lipinski definition) is 1. The molecule has 0 aromatic carbocycles.